The van der Waals surface area contributed by atoms with Gasteiger partial charge in [-0.15, -0.1) is 0 Å². The number of hydrogen-bond acceptors (Lipinski definition) is 4. The number of benzene rings is 3. The van der Waals surface area contributed by atoms with E-state index in [4.69, 9.17) is 16.3 Å². The average molecular weight is 466 g/mol. The first-order chi connectivity index (χ1) is 15.8. The molecule has 4 rings (SSSR count). The molecule has 3 aromatic rings. The zero-order valence-corrected chi connectivity index (χ0v) is 18.7. The van der Waals surface area contributed by atoms with Crippen LogP contribution in [0.4, 0.5) is 10.1 Å². The number of anilines is 1. The van der Waals surface area contributed by atoms with Crippen molar-refractivity contribution in [2.45, 2.75) is 26.0 Å². The van der Waals surface area contributed by atoms with Crippen LogP contribution in [0.5, 0.6) is 5.75 Å². The molecule has 0 saturated carbocycles. The van der Waals surface area contributed by atoms with Crippen LogP contribution >= 0.6 is 11.6 Å². The third-order valence-corrected chi connectivity index (χ3v) is 5.47. The van der Waals surface area contributed by atoms with Crippen LogP contribution in [0.3, 0.4) is 0 Å². The monoisotopic (exact) mass is 465 g/mol. The Balaban J connectivity index is 1.90. The zero-order chi connectivity index (χ0) is 23.7. The highest BCUT2D eigenvalue weighted by Gasteiger charge is 2.47. The summed E-state index contributed by atoms with van der Waals surface area (Å²) in [5.74, 6) is -1.94. The molecule has 1 aliphatic rings. The number of Topliss-reactive ketones (excluding diaryl/α,β-unsaturated/α-hetero) is 1. The summed E-state index contributed by atoms with van der Waals surface area (Å²) in [6, 6.07) is 17.6. The van der Waals surface area contributed by atoms with Gasteiger partial charge in [0.05, 0.1) is 17.7 Å². The number of hydrogen-bond donors (Lipinski definition) is 1. The Labute approximate surface area is 195 Å². The smallest absolute Gasteiger partial charge is 0.300 e. The second kappa shape index (κ2) is 9.08. The Morgan fingerprint density at radius 3 is 2.33 bits per heavy atom. The standard InChI is InChI=1S/C26H21ClFNO4/c1-15(2)33-21-5-3-4-17(14-21)24(30)22-23(16-6-8-18(27)9-7-16)29(26(32)25(22)31)20-12-10-19(28)11-13-20/h3-15,23,30H,1-2H3/b24-22-. The summed E-state index contributed by atoms with van der Waals surface area (Å²) < 4.78 is 19.2. The molecule has 7 heteroatoms. The van der Waals surface area contributed by atoms with E-state index in [0.29, 0.717) is 27.6 Å². The Morgan fingerprint density at radius 2 is 1.70 bits per heavy atom. The Hall–Kier alpha value is -3.64. The first-order valence-electron chi connectivity index (χ1n) is 10.4. The lowest BCUT2D eigenvalue weighted by Gasteiger charge is -2.25. The number of amides is 1. The van der Waals surface area contributed by atoms with Gasteiger partial charge >= 0.3 is 0 Å². The van der Waals surface area contributed by atoms with Crippen molar-refractivity contribution in [3.8, 4) is 5.75 Å². The summed E-state index contributed by atoms with van der Waals surface area (Å²) in [7, 11) is 0. The molecule has 0 aromatic heterocycles. The van der Waals surface area contributed by atoms with Crippen LogP contribution in [0.1, 0.15) is 31.0 Å². The molecular formula is C26H21ClFNO4. The average Bonchev–Trinajstić information content (AvgIpc) is 3.05. The molecule has 1 heterocycles. The van der Waals surface area contributed by atoms with Crippen molar-refractivity contribution in [1.29, 1.82) is 0 Å². The maximum Gasteiger partial charge on any atom is 0.300 e. The van der Waals surface area contributed by atoms with Crippen LogP contribution in [-0.4, -0.2) is 22.9 Å². The van der Waals surface area contributed by atoms with E-state index in [2.05, 4.69) is 0 Å². The molecule has 33 heavy (non-hydrogen) atoms. The quantitative estimate of drug-likeness (QED) is 0.290. The molecular weight excluding hydrogens is 445 g/mol. The summed E-state index contributed by atoms with van der Waals surface area (Å²) in [6.07, 6.45) is -0.0829. The topological polar surface area (TPSA) is 66.8 Å². The number of rotatable bonds is 5. The van der Waals surface area contributed by atoms with E-state index < -0.39 is 23.5 Å². The van der Waals surface area contributed by atoms with E-state index in [9.17, 15) is 19.1 Å². The van der Waals surface area contributed by atoms with E-state index in [0.717, 1.165) is 0 Å². The summed E-state index contributed by atoms with van der Waals surface area (Å²) in [5, 5.41) is 11.7. The van der Waals surface area contributed by atoms with Crippen LogP contribution in [0.25, 0.3) is 5.76 Å². The largest absolute Gasteiger partial charge is 0.507 e. The summed E-state index contributed by atoms with van der Waals surface area (Å²) >= 11 is 6.04. The fourth-order valence-electron chi connectivity index (χ4n) is 3.81. The molecule has 1 unspecified atom stereocenters. The summed E-state index contributed by atoms with van der Waals surface area (Å²) in [4.78, 5) is 27.5. The number of aliphatic hydroxyl groups excluding tert-OH is 1. The number of ketones is 1. The molecule has 1 aliphatic heterocycles. The van der Waals surface area contributed by atoms with E-state index in [1.54, 1.807) is 48.5 Å². The minimum Gasteiger partial charge on any atom is -0.507 e. The van der Waals surface area contributed by atoms with Gasteiger partial charge in [0.2, 0.25) is 0 Å². The van der Waals surface area contributed by atoms with E-state index in [1.807, 2.05) is 13.8 Å². The van der Waals surface area contributed by atoms with Gasteiger partial charge < -0.3 is 9.84 Å². The third kappa shape index (κ3) is 4.47. The number of carbonyl (C=O) groups excluding carboxylic acids is 2. The molecule has 0 spiro atoms. The third-order valence-electron chi connectivity index (χ3n) is 5.21. The number of carbonyl (C=O) groups is 2. The molecule has 3 aromatic carbocycles. The second-order valence-corrected chi connectivity index (χ2v) is 8.33. The van der Waals surface area contributed by atoms with Gasteiger partial charge in [-0.25, -0.2) is 4.39 Å². The Kier molecular flexibility index (Phi) is 6.20. The fourth-order valence-corrected chi connectivity index (χ4v) is 3.93. The SMILES string of the molecule is CC(C)Oc1cccc(/C(O)=C2/C(=O)C(=O)N(c3ccc(F)cc3)C2c2ccc(Cl)cc2)c1. The van der Waals surface area contributed by atoms with Crippen LogP contribution in [0.2, 0.25) is 5.02 Å². The van der Waals surface area contributed by atoms with Gasteiger partial charge in [0.15, 0.2) is 0 Å². The lowest BCUT2D eigenvalue weighted by Crippen LogP contribution is -2.29. The second-order valence-electron chi connectivity index (χ2n) is 7.89. The van der Waals surface area contributed by atoms with Crippen LogP contribution in [0.15, 0.2) is 78.4 Å². The van der Waals surface area contributed by atoms with Gasteiger partial charge in [-0.2, -0.15) is 0 Å². The Bertz CT molecular complexity index is 1240. The number of aliphatic hydroxyl groups is 1. The zero-order valence-electron chi connectivity index (χ0n) is 18.0. The maximum atomic E-state index is 13.5. The minimum atomic E-state index is -0.928. The molecule has 1 atom stereocenters. The fraction of sp³-hybridized carbons (Fsp3) is 0.154. The molecule has 1 N–H and O–H groups in total. The Morgan fingerprint density at radius 1 is 1.03 bits per heavy atom. The molecule has 1 saturated heterocycles. The van der Waals surface area contributed by atoms with E-state index >= 15 is 0 Å². The predicted molar refractivity (Wildman–Crippen MR) is 125 cm³/mol. The van der Waals surface area contributed by atoms with Crippen molar-refractivity contribution in [3.63, 3.8) is 0 Å². The van der Waals surface area contributed by atoms with Gasteiger partial charge in [-0.3, -0.25) is 14.5 Å². The van der Waals surface area contributed by atoms with Crippen molar-refractivity contribution >= 4 is 34.7 Å². The van der Waals surface area contributed by atoms with Crippen molar-refractivity contribution < 1.29 is 23.8 Å². The van der Waals surface area contributed by atoms with Crippen LogP contribution in [-0.2, 0) is 9.59 Å². The van der Waals surface area contributed by atoms with Gasteiger partial charge in [0, 0.05) is 16.3 Å². The first kappa shape index (κ1) is 22.6. The number of halogens is 2. The van der Waals surface area contributed by atoms with Gasteiger partial charge in [-0.05, 0) is 67.9 Å². The molecule has 168 valence electrons. The molecule has 0 radical (unpaired) electrons. The van der Waals surface area contributed by atoms with E-state index in [-0.39, 0.29) is 17.4 Å². The molecule has 1 fully saturated rings. The first-order valence-corrected chi connectivity index (χ1v) is 10.7. The van der Waals surface area contributed by atoms with Gasteiger partial charge in [-0.1, -0.05) is 35.9 Å². The normalized spacial score (nSPS) is 17.6. The van der Waals surface area contributed by atoms with Crippen LogP contribution in [0, 0.1) is 5.82 Å². The highest BCUT2D eigenvalue weighted by Crippen LogP contribution is 2.42. The van der Waals surface area contributed by atoms with Gasteiger partial charge in [0.25, 0.3) is 11.7 Å². The minimum absolute atomic E-state index is 0.0756. The number of ether oxygens (including phenoxy) is 1. The lowest BCUT2D eigenvalue weighted by atomic mass is 9.95. The highest BCUT2D eigenvalue weighted by atomic mass is 35.5. The highest BCUT2D eigenvalue weighted by molar-refractivity contribution is 6.51. The lowest BCUT2D eigenvalue weighted by molar-refractivity contribution is -0.132. The number of nitrogens with zero attached hydrogens (tertiary/aromatic N) is 1. The van der Waals surface area contributed by atoms with Crippen LogP contribution < -0.4 is 9.64 Å². The maximum absolute atomic E-state index is 13.5. The summed E-state index contributed by atoms with van der Waals surface area (Å²) in [6.45, 7) is 3.75. The van der Waals surface area contributed by atoms with Crippen molar-refractivity contribution in [1.82, 2.24) is 0 Å². The molecule has 0 aliphatic carbocycles. The van der Waals surface area contributed by atoms with Gasteiger partial charge in [0.1, 0.15) is 17.3 Å². The van der Waals surface area contributed by atoms with Crippen molar-refractivity contribution in [2.75, 3.05) is 4.90 Å². The molecule has 0 bridgehead atoms. The molecule has 5 nitrogen and oxygen atoms in total. The van der Waals surface area contributed by atoms with Crippen molar-refractivity contribution in [3.05, 3.63) is 100 Å². The predicted octanol–water partition coefficient (Wildman–Crippen LogP) is 5.89. The summed E-state index contributed by atoms with van der Waals surface area (Å²) in [5.41, 5.74) is 1.16. The van der Waals surface area contributed by atoms with Crippen molar-refractivity contribution in [2.24, 2.45) is 0 Å². The van der Waals surface area contributed by atoms with E-state index in [1.165, 1.54) is 29.2 Å². The molecule has 1 amide bonds.